The first-order valence-electron chi connectivity index (χ1n) is 9.69. The molecule has 9 heteroatoms. The van der Waals surface area contributed by atoms with Crippen molar-refractivity contribution in [2.75, 3.05) is 26.1 Å². The molecular formula is C21H28N4O5. The Bertz CT molecular complexity index is 961. The molecule has 2 aromatic rings. The molecule has 1 aliphatic heterocycles. The summed E-state index contributed by atoms with van der Waals surface area (Å²) in [6.07, 6.45) is 0.186. The number of aromatic nitrogens is 2. The van der Waals surface area contributed by atoms with Crippen molar-refractivity contribution >= 4 is 17.7 Å². The Labute approximate surface area is 175 Å². The number of hydrogen-bond acceptors (Lipinski definition) is 6. The van der Waals surface area contributed by atoms with E-state index in [0.29, 0.717) is 35.7 Å². The van der Waals surface area contributed by atoms with Gasteiger partial charge in [-0.15, -0.1) is 0 Å². The van der Waals surface area contributed by atoms with Crippen molar-refractivity contribution in [1.82, 2.24) is 14.7 Å². The lowest BCUT2D eigenvalue weighted by molar-refractivity contribution is 0.0222. The average Bonchev–Trinajstić information content (AvgIpc) is 3.02. The highest BCUT2D eigenvalue weighted by Gasteiger charge is 2.31. The molecule has 0 aliphatic carbocycles. The number of carbonyl (C=O) groups excluding carboxylic acids is 2. The molecule has 0 radical (unpaired) electrons. The molecule has 3 rings (SSSR count). The van der Waals surface area contributed by atoms with Gasteiger partial charge in [-0.2, -0.15) is 5.10 Å². The highest BCUT2D eigenvalue weighted by Crippen LogP contribution is 2.30. The van der Waals surface area contributed by atoms with Crippen LogP contribution in [0.3, 0.4) is 0 Å². The van der Waals surface area contributed by atoms with Gasteiger partial charge in [-0.05, 0) is 32.9 Å². The third-order valence-corrected chi connectivity index (χ3v) is 4.76. The maximum Gasteiger partial charge on any atom is 0.410 e. The fourth-order valence-corrected chi connectivity index (χ4v) is 3.35. The van der Waals surface area contributed by atoms with Gasteiger partial charge in [-0.3, -0.25) is 9.48 Å². The van der Waals surface area contributed by atoms with Crippen LogP contribution in [0.1, 0.15) is 42.5 Å². The Hall–Kier alpha value is -3.23. The zero-order valence-corrected chi connectivity index (χ0v) is 18.2. The maximum absolute atomic E-state index is 13.1. The molecule has 1 aromatic heterocycles. The molecule has 162 valence electrons. The van der Waals surface area contributed by atoms with Gasteiger partial charge >= 0.3 is 6.09 Å². The number of amides is 2. The molecular weight excluding hydrogens is 388 g/mol. The van der Waals surface area contributed by atoms with E-state index in [2.05, 4.69) is 10.4 Å². The van der Waals surface area contributed by atoms with Gasteiger partial charge in [0.15, 0.2) is 5.69 Å². The second-order valence-electron chi connectivity index (χ2n) is 8.07. The summed E-state index contributed by atoms with van der Waals surface area (Å²) >= 11 is 0. The van der Waals surface area contributed by atoms with Crippen molar-refractivity contribution < 1.29 is 23.8 Å². The van der Waals surface area contributed by atoms with Crippen molar-refractivity contribution in [3.05, 3.63) is 35.2 Å². The Morgan fingerprint density at radius 1 is 1.17 bits per heavy atom. The van der Waals surface area contributed by atoms with Crippen LogP contribution in [0.4, 0.5) is 10.5 Å². The lowest BCUT2D eigenvalue weighted by Gasteiger charge is -2.30. The quantitative estimate of drug-likeness (QED) is 0.823. The largest absolute Gasteiger partial charge is 0.497 e. The monoisotopic (exact) mass is 416 g/mol. The number of rotatable bonds is 4. The van der Waals surface area contributed by atoms with Gasteiger partial charge in [0.1, 0.15) is 17.1 Å². The van der Waals surface area contributed by atoms with Crippen molar-refractivity contribution in [1.29, 1.82) is 0 Å². The Morgan fingerprint density at radius 2 is 1.90 bits per heavy atom. The number of aryl methyl sites for hydroxylation is 1. The molecule has 2 heterocycles. The van der Waals surface area contributed by atoms with Gasteiger partial charge in [0.05, 0.1) is 26.5 Å². The summed E-state index contributed by atoms with van der Waals surface area (Å²) in [7, 11) is 4.87. The zero-order chi connectivity index (χ0) is 22.1. The summed E-state index contributed by atoms with van der Waals surface area (Å²) in [6, 6.07) is 5.14. The summed E-state index contributed by atoms with van der Waals surface area (Å²) in [5.74, 6) is 0.707. The minimum atomic E-state index is -0.588. The average molecular weight is 416 g/mol. The van der Waals surface area contributed by atoms with Gasteiger partial charge in [-0.1, -0.05) is 0 Å². The molecule has 1 N–H and O–H groups in total. The lowest BCUT2D eigenvalue weighted by atomic mass is 10.0. The van der Waals surface area contributed by atoms with Crippen LogP contribution >= 0.6 is 0 Å². The van der Waals surface area contributed by atoms with Crippen molar-refractivity contribution in [2.24, 2.45) is 7.05 Å². The van der Waals surface area contributed by atoms with Crippen LogP contribution in [-0.4, -0.2) is 53.0 Å². The number of fused-ring (bicyclic) bond motifs is 1. The molecule has 1 aliphatic rings. The predicted octanol–water partition coefficient (Wildman–Crippen LogP) is 2.98. The van der Waals surface area contributed by atoms with Crippen LogP contribution in [-0.2, 0) is 24.8 Å². The number of anilines is 1. The van der Waals surface area contributed by atoms with E-state index in [4.69, 9.17) is 14.2 Å². The standard InChI is InChI=1S/C21H28N4O5/c1-21(2,3)30-20(27)25-10-9-16-14(12-25)18(23-24(16)4)19(26)22-15-11-13(28-5)7-8-17(15)29-6/h7-8,11H,9-10,12H2,1-6H3,(H,22,26). The van der Waals surface area contributed by atoms with Crippen molar-refractivity contribution in [3.8, 4) is 11.5 Å². The molecule has 0 bridgehead atoms. The molecule has 0 saturated carbocycles. The van der Waals surface area contributed by atoms with Crippen LogP contribution in [0.2, 0.25) is 0 Å². The van der Waals surface area contributed by atoms with Crippen LogP contribution < -0.4 is 14.8 Å². The van der Waals surface area contributed by atoms with Gasteiger partial charge in [-0.25, -0.2) is 4.79 Å². The van der Waals surface area contributed by atoms with E-state index in [0.717, 1.165) is 5.69 Å². The number of nitrogens with one attached hydrogen (secondary N) is 1. The number of carbonyl (C=O) groups is 2. The number of nitrogens with zero attached hydrogens (tertiary/aromatic N) is 3. The van der Waals surface area contributed by atoms with E-state index in [1.54, 1.807) is 41.9 Å². The second kappa shape index (κ2) is 8.25. The van der Waals surface area contributed by atoms with E-state index >= 15 is 0 Å². The normalized spacial score (nSPS) is 13.5. The third kappa shape index (κ3) is 4.50. The molecule has 0 fully saturated rings. The molecule has 0 spiro atoms. The number of hydrogen-bond donors (Lipinski definition) is 1. The minimum Gasteiger partial charge on any atom is -0.497 e. The van der Waals surface area contributed by atoms with Crippen LogP contribution in [0, 0.1) is 0 Å². The number of benzene rings is 1. The van der Waals surface area contributed by atoms with Gasteiger partial charge < -0.3 is 24.4 Å². The summed E-state index contributed by atoms with van der Waals surface area (Å²) in [6.45, 7) is 6.24. The first kappa shape index (κ1) is 21.5. The summed E-state index contributed by atoms with van der Waals surface area (Å²) in [4.78, 5) is 27.2. The van der Waals surface area contributed by atoms with Gasteiger partial charge in [0.2, 0.25) is 0 Å². The van der Waals surface area contributed by atoms with E-state index in [1.165, 1.54) is 7.11 Å². The number of ether oxygens (including phenoxy) is 3. The highest BCUT2D eigenvalue weighted by molar-refractivity contribution is 6.05. The Balaban J connectivity index is 1.85. The Morgan fingerprint density at radius 3 is 2.53 bits per heavy atom. The third-order valence-electron chi connectivity index (χ3n) is 4.76. The molecule has 9 nitrogen and oxygen atoms in total. The van der Waals surface area contributed by atoms with Crippen molar-refractivity contribution in [2.45, 2.75) is 39.3 Å². The van der Waals surface area contributed by atoms with Crippen molar-refractivity contribution in [3.63, 3.8) is 0 Å². The van der Waals surface area contributed by atoms with E-state index in [-0.39, 0.29) is 18.1 Å². The molecule has 30 heavy (non-hydrogen) atoms. The lowest BCUT2D eigenvalue weighted by Crippen LogP contribution is -2.40. The second-order valence-corrected chi connectivity index (χ2v) is 8.07. The summed E-state index contributed by atoms with van der Waals surface area (Å²) in [5.41, 5.74) is 1.80. The Kier molecular flexibility index (Phi) is 5.91. The highest BCUT2D eigenvalue weighted by atomic mass is 16.6. The van der Waals surface area contributed by atoms with Crippen LogP contribution in [0.25, 0.3) is 0 Å². The fourth-order valence-electron chi connectivity index (χ4n) is 3.35. The minimum absolute atomic E-state index is 0.260. The van der Waals surface area contributed by atoms with E-state index in [9.17, 15) is 9.59 Å². The van der Waals surface area contributed by atoms with Crippen LogP contribution in [0.5, 0.6) is 11.5 Å². The smallest absolute Gasteiger partial charge is 0.410 e. The molecule has 1 aromatic carbocycles. The first-order valence-corrected chi connectivity index (χ1v) is 9.69. The first-order chi connectivity index (χ1) is 14.1. The summed E-state index contributed by atoms with van der Waals surface area (Å²) < 4.78 is 17.7. The van der Waals surface area contributed by atoms with Gasteiger partial charge in [0.25, 0.3) is 5.91 Å². The molecule has 0 saturated heterocycles. The SMILES string of the molecule is COc1ccc(OC)c(NC(=O)c2nn(C)c3c2CN(C(=O)OC(C)(C)C)CC3)c1. The maximum atomic E-state index is 13.1. The summed E-state index contributed by atoms with van der Waals surface area (Å²) in [5, 5.41) is 7.25. The number of methoxy groups -OCH3 is 2. The van der Waals surface area contributed by atoms with E-state index in [1.807, 2.05) is 20.8 Å². The zero-order valence-electron chi connectivity index (χ0n) is 18.2. The van der Waals surface area contributed by atoms with Crippen LogP contribution in [0.15, 0.2) is 18.2 Å². The molecule has 0 atom stereocenters. The van der Waals surface area contributed by atoms with Gasteiger partial charge in [0, 0.05) is 37.3 Å². The molecule has 2 amide bonds. The predicted molar refractivity (Wildman–Crippen MR) is 111 cm³/mol. The topological polar surface area (TPSA) is 94.9 Å². The molecule has 0 unspecified atom stereocenters. The fraction of sp³-hybridized carbons (Fsp3) is 0.476. The van der Waals surface area contributed by atoms with E-state index < -0.39 is 11.7 Å².